The molecule has 0 N–H and O–H groups in total. The van der Waals surface area contributed by atoms with Crippen LogP contribution < -0.4 is 0 Å². The Morgan fingerprint density at radius 2 is 1.89 bits per heavy atom. The van der Waals surface area contributed by atoms with Crippen molar-refractivity contribution in [2.45, 2.75) is 26.7 Å². The minimum Gasteiger partial charge on any atom is -0.294 e. The lowest BCUT2D eigenvalue weighted by atomic mass is 10.0. The molecule has 1 aromatic rings. The topological polar surface area (TPSA) is 51.2 Å². The van der Waals surface area contributed by atoms with E-state index in [-0.39, 0.29) is 29.9 Å². The lowest BCUT2D eigenvalue weighted by Crippen LogP contribution is -2.12. The van der Waals surface area contributed by atoms with Crippen LogP contribution in [0.1, 0.15) is 35.7 Å². The quantitative estimate of drug-likeness (QED) is 0.757. The zero-order chi connectivity index (χ0) is 14.6. The number of sulfone groups is 1. The van der Waals surface area contributed by atoms with Gasteiger partial charge in [-0.2, -0.15) is 0 Å². The molecule has 6 heteroatoms. The molecule has 0 heterocycles. The van der Waals surface area contributed by atoms with Crippen LogP contribution in [0.25, 0.3) is 0 Å². The van der Waals surface area contributed by atoms with Gasteiger partial charge in [0.1, 0.15) is 21.5 Å². The Balaban J connectivity index is 2.78. The molecule has 0 aliphatic rings. The molecule has 0 aliphatic heterocycles. The van der Waals surface area contributed by atoms with Crippen molar-refractivity contribution in [1.82, 2.24) is 0 Å². The number of benzene rings is 1. The van der Waals surface area contributed by atoms with Gasteiger partial charge < -0.3 is 0 Å². The molecule has 1 aromatic carbocycles. The van der Waals surface area contributed by atoms with E-state index in [9.17, 15) is 22.0 Å². The molecular formula is C13H16F2O3S. The monoisotopic (exact) mass is 290 g/mol. The number of halogens is 2. The lowest BCUT2D eigenvalue weighted by molar-refractivity contribution is 0.0973. The number of ketones is 1. The van der Waals surface area contributed by atoms with Crippen molar-refractivity contribution in [1.29, 1.82) is 0 Å². The third-order valence-corrected chi connectivity index (χ3v) is 4.65. The van der Waals surface area contributed by atoms with Gasteiger partial charge in [-0.05, 0) is 25.0 Å². The second-order valence-electron chi connectivity index (χ2n) is 4.32. The third-order valence-electron chi connectivity index (χ3n) is 2.86. The normalized spacial score (nSPS) is 11.6. The summed E-state index contributed by atoms with van der Waals surface area (Å²) >= 11 is 0. The molecule has 1 rings (SSSR count). The maximum Gasteiger partial charge on any atom is 0.168 e. The zero-order valence-electron chi connectivity index (χ0n) is 10.9. The average Bonchev–Trinajstić information content (AvgIpc) is 2.34. The molecule has 0 radical (unpaired) electrons. The first-order chi connectivity index (χ1) is 8.78. The van der Waals surface area contributed by atoms with Crippen LogP contribution in [0.5, 0.6) is 0 Å². The van der Waals surface area contributed by atoms with Gasteiger partial charge in [-0.15, -0.1) is 0 Å². The van der Waals surface area contributed by atoms with E-state index >= 15 is 0 Å². The first-order valence-corrected chi connectivity index (χ1v) is 7.79. The van der Waals surface area contributed by atoms with Crippen molar-refractivity contribution in [3.63, 3.8) is 0 Å². The summed E-state index contributed by atoms with van der Waals surface area (Å²) in [5, 5.41) is 0. The summed E-state index contributed by atoms with van der Waals surface area (Å²) < 4.78 is 49.6. The molecule has 0 atom stereocenters. The lowest BCUT2D eigenvalue weighted by Gasteiger charge is -2.06. The van der Waals surface area contributed by atoms with Gasteiger partial charge in [-0.3, -0.25) is 4.79 Å². The van der Waals surface area contributed by atoms with E-state index in [1.807, 2.05) is 0 Å². The second kappa shape index (κ2) is 6.23. The summed E-state index contributed by atoms with van der Waals surface area (Å²) in [5.41, 5.74) is -0.389. The van der Waals surface area contributed by atoms with Crippen LogP contribution >= 0.6 is 0 Å². The fourth-order valence-corrected chi connectivity index (χ4v) is 2.51. The Hall–Kier alpha value is -1.30. The van der Waals surface area contributed by atoms with E-state index in [0.717, 1.165) is 6.07 Å². The molecule has 0 spiro atoms. The number of hydrogen-bond acceptors (Lipinski definition) is 3. The molecule has 0 saturated carbocycles. The number of rotatable bonds is 6. The largest absolute Gasteiger partial charge is 0.294 e. The summed E-state index contributed by atoms with van der Waals surface area (Å²) in [7, 11) is -3.17. The Kier molecular flexibility index (Phi) is 5.17. The van der Waals surface area contributed by atoms with Gasteiger partial charge in [-0.1, -0.05) is 13.0 Å². The van der Waals surface area contributed by atoms with E-state index in [1.165, 1.54) is 19.9 Å². The van der Waals surface area contributed by atoms with Crippen molar-refractivity contribution in [2.24, 2.45) is 0 Å². The van der Waals surface area contributed by atoms with Gasteiger partial charge in [0.2, 0.25) is 0 Å². The van der Waals surface area contributed by atoms with Gasteiger partial charge in [0, 0.05) is 12.2 Å². The SMILES string of the molecule is CCS(=O)(=O)CCCC(=O)c1c(F)ccc(C)c1F. The Labute approximate surface area is 111 Å². The van der Waals surface area contributed by atoms with E-state index in [2.05, 4.69) is 0 Å². The number of Topliss-reactive ketones (excluding diaryl/α,β-unsaturated/α-hetero) is 1. The summed E-state index contributed by atoms with van der Waals surface area (Å²) in [6.45, 7) is 2.95. The Morgan fingerprint density at radius 3 is 2.47 bits per heavy atom. The molecule has 0 fully saturated rings. The zero-order valence-corrected chi connectivity index (χ0v) is 11.7. The minimum absolute atomic E-state index is 0.00560. The molecule has 3 nitrogen and oxygen atoms in total. The Bertz CT molecular complexity index is 580. The molecule has 0 aliphatic carbocycles. The van der Waals surface area contributed by atoms with Gasteiger partial charge in [0.25, 0.3) is 0 Å². The summed E-state index contributed by atoms with van der Waals surface area (Å²) in [6.07, 6.45) is -0.113. The van der Waals surface area contributed by atoms with Crippen molar-refractivity contribution in [2.75, 3.05) is 11.5 Å². The predicted octanol–water partition coefficient (Wildman–Crippen LogP) is 2.67. The van der Waals surface area contributed by atoms with E-state index < -0.39 is 32.8 Å². The van der Waals surface area contributed by atoms with Crippen LogP contribution in [0.3, 0.4) is 0 Å². The maximum atomic E-state index is 13.7. The fraction of sp³-hybridized carbons (Fsp3) is 0.462. The van der Waals surface area contributed by atoms with E-state index in [0.29, 0.717) is 0 Å². The molecular weight excluding hydrogens is 274 g/mol. The molecule has 0 unspecified atom stereocenters. The smallest absolute Gasteiger partial charge is 0.168 e. The third kappa shape index (κ3) is 4.09. The van der Waals surface area contributed by atoms with Crippen LogP contribution in [0.4, 0.5) is 8.78 Å². The van der Waals surface area contributed by atoms with Crippen LogP contribution in [-0.4, -0.2) is 25.7 Å². The minimum atomic E-state index is -3.17. The number of carbonyl (C=O) groups is 1. The van der Waals surface area contributed by atoms with Crippen LogP contribution in [-0.2, 0) is 9.84 Å². The maximum absolute atomic E-state index is 13.7. The highest BCUT2D eigenvalue weighted by atomic mass is 32.2. The highest BCUT2D eigenvalue weighted by molar-refractivity contribution is 7.91. The van der Waals surface area contributed by atoms with Gasteiger partial charge in [0.05, 0.1) is 11.3 Å². The van der Waals surface area contributed by atoms with Crippen molar-refractivity contribution >= 4 is 15.6 Å². The molecule has 106 valence electrons. The first-order valence-electron chi connectivity index (χ1n) is 5.96. The highest BCUT2D eigenvalue weighted by Gasteiger charge is 2.19. The van der Waals surface area contributed by atoms with Gasteiger partial charge in [0.15, 0.2) is 5.78 Å². The van der Waals surface area contributed by atoms with Gasteiger partial charge >= 0.3 is 0 Å². The van der Waals surface area contributed by atoms with Crippen molar-refractivity contribution in [3.8, 4) is 0 Å². The van der Waals surface area contributed by atoms with E-state index in [4.69, 9.17) is 0 Å². The molecule has 0 aromatic heterocycles. The van der Waals surface area contributed by atoms with Crippen molar-refractivity contribution in [3.05, 3.63) is 34.9 Å². The van der Waals surface area contributed by atoms with Gasteiger partial charge in [-0.25, -0.2) is 17.2 Å². The van der Waals surface area contributed by atoms with E-state index in [1.54, 1.807) is 0 Å². The Morgan fingerprint density at radius 1 is 1.26 bits per heavy atom. The molecule has 0 amide bonds. The van der Waals surface area contributed by atoms with Crippen LogP contribution in [0.2, 0.25) is 0 Å². The van der Waals surface area contributed by atoms with Crippen LogP contribution in [0.15, 0.2) is 12.1 Å². The second-order valence-corrected chi connectivity index (χ2v) is 6.79. The van der Waals surface area contributed by atoms with Crippen molar-refractivity contribution < 1.29 is 22.0 Å². The number of hydrogen-bond donors (Lipinski definition) is 0. The number of carbonyl (C=O) groups excluding carboxylic acids is 1. The highest BCUT2D eigenvalue weighted by Crippen LogP contribution is 2.18. The first kappa shape index (κ1) is 15.8. The molecule has 19 heavy (non-hydrogen) atoms. The summed E-state index contributed by atoms with van der Waals surface area (Å²) in [6, 6.07) is 2.29. The average molecular weight is 290 g/mol. The predicted molar refractivity (Wildman–Crippen MR) is 69.0 cm³/mol. The summed E-state index contributed by atoms with van der Waals surface area (Å²) in [5.74, 6) is -2.64. The summed E-state index contributed by atoms with van der Waals surface area (Å²) in [4.78, 5) is 11.7. The molecule has 0 saturated heterocycles. The van der Waals surface area contributed by atoms with Crippen LogP contribution in [0, 0.1) is 18.6 Å². The fourth-order valence-electron chi connectivity index (χ4n) is 1.63. The standard InChI is InChI=1S/C13H16F2O3S/c1-3-19(17,18)8-4-5-11(16)12-10(14)7-6-9(2)13(12)15/h6-7H,3-5,8H2,1-2H3. The molecule has 0 bridgehead atoms. The number of aryl methyl sites for hydroxylation is 1.